The van der Waals surface area contributed by atoms with Crippen LogP contribution in [0.25, 0.3) is 0 Å². The zero-order chi connectivity index (χ0) is 18.8. The van der Waals surface area contributed by atoms with Crippen LogP contribution in [0, 0.1) is 5.92 Å². The van der Waals surface area contributed by atoms with Crippen molar-refractivity contribution in [1.29, 1.82) is 0 Å². The predicted molar refractivity (Wildman–Crippen MR) is 96.8 cm³/mol. The summed E-state index contributed by atoms with van der Waals surface area (Å²) in [5.41, 5.74) is 1.39. The minimum atomic E-state index is -0.769. The van der Waals surface area contributed by atoms with Gasteiger partial charge in [0.1, 0.15) is 0 Å². The Balaban J connectivity index is 2.15. The molecule has 0 bridgehead atoms. The van der Waals surface area contributed by atoms with E-state index in [2.05, 4.69) is 39.7 Å². The van der Waals surface area contributed by atoms with E-state index >= 15 is 0 Å². The Hall–Kier alpha value is -1.85. The van der Waals surface area contributed by atoms with Crippen LogP contribution in [0.2, 0.25) is 0 Å². The Morgan fingerprint density at radius 2 is 2.04 bits per heavy atom. The maximum Gasteiger partial charge on any atom is 0.303 e. The third-order valence-corrected chi connectivity index (χ3v) is 4.76. The second-order valence-corrected chi connectivity index (χ2v) is 8.38. The number of aliphatic carboxylic acids is 1. The Kier molecular flexibility index (Phi) is 5.91. The molecule has 1 amide bonds. The van der Waals surface area contributed by atoms with Crippen LogP contribution < -0.4 is 0 Å². The molecule has 140 valence electrons. The summed E-state index contributed by atoms with van der Waals surface area (Å²) < 4.78 is 1.96. The first-order valence-corrected chi connectivity index (χ1v) is 9.21. The largest absolute Gasteiger partial charge is 0.481 e. The zero-order valence-electron chi connectivity index (χ0n) is 16.1. The standard InChI is InChI=1S/C19H31N3O3/c1-13(2)16-11-15(20-22(16)19(3,4)5)18(25)21-10-6-7-14(12-21)8-9-17(23)24/h11,13-14H,6-10,12H2,1-5H3,(H,23,24)/t14-/m0/s1. The lowest BCUT2D eigenvalue weighted by atomic mass is 9.93. The second-order valence-electron chi connectivity index (χ2n) is 8.38. The van der Waals surface area contributed by atoms with Gasteiger partial charge in [0.15, 0.2) is 5.69 Å². The summed E-state index contributed by atoms with van der Waals surface area (Å²) in [5, 5.41) is 13.5. The highest BCUT2D eigenvalue weighted by molar-refractivity contribution is 5.92. The van der Waals surface area contributed by atoms with Gasteiger partial charge in [0.2, 0.25) is 0 Å². The molecule has 0 radical (unpaired) electrons. The Morgan fingerprint density at radius 1 is 1.36 bits per heavy atom. The summed E-state index contributed by atoms with van der Waals surface area (Å²) >= 11 is 0. The Bertz CT molecular complexity index is 628. The van der Waals surface area contributed by atoms with Crippen molar-refractivity contribution >= 4 is 11.9 Å². The minimum Gasteiger partial charge on any atom is -0.481 e. The van der Waals surface area contributed by atoms with Gasteiger partial charge in [-0.2, -0.15) is 5.10 Å². The molecule has 1 aromatic heterocycles. The number of likely N-dealkylation sites (tertiary alicyclic amines) is 1. The van der Waals surface area contributed by atoms with Crippen molar-refractivity contribution in [3.8, 4) is 0 Å². The summed E-state index contributed by atoms with van der Waals surface area (Å²) in [7, 11) is 0. The third-order valence-electron chi connectivity index (χ3n) is 4.76. The quantitative estimate of drug-likeness (QED) is 0.883. The summed E-state index contributed by atoms with van der Waals surface area (Å²) in [6.07, 6.45) is 2.72. The first kappa shape index (κ1) is 19.5. The minimum absolute atomic E-state index is 0.0371. The van der Waals surface area contributed by atoms with E-state index < -0.39 is 5.97 Å². The summed E-state index contributed by atoms with van der Waals surface area (Å²) in [5.74, 6) is -0.250. The molecule has 0 aliphatic carbocycles. The van der Waals surface area contributed by atoms with E-state index in [0.717, 1.165) is 25.1 Å². The number of amides is 1. The van der Waals surface area contributed by atoms with Crippen LogP contribution in [-0.2, 0) is 10.3 Å². The van der Waals surface area contributed by atoms with Gasteiger partial charge < -0.3 is 10.0 Å². The molecular formula is C19H31N3O3. The topological polar surface area (TPSA) is 75.4 Å². The molecule has 1 aromatic rings. The molecule has 1 aliphatic heterocycles. The lowest BCUT2D eigenvalue weighted by Gasteiger charge is -2.32. The van der Waals surface area contributed by atoms with Gasteiger partial charge in [-0.05, 0) is 57.9 Å². The highest BCUT2D eigenvalue weighted by atomic mass is 16.4. The van der Waals surface area contributed by atoms with E-state index in [1.165, 1.54) is 0 Å². The number of carbonyl (C=O) groups excluding carboxylic acids is 1. The molecule has 1 fully saturated rings. The SMILES string of the molecule is CC(C)c1cc(C(=O)N2CCC[C@@H](CCC(=O)O)C2)nn1C(C)(C)C. The molecule has 0 aromatic carbocycles. The summed E-state index contributed by atoms with van der Waals surface area (Å²) in [6.45, 7) is 11.8. The van der Waals surface area contributed by atoms with E-state index in [1.807, 2.05) is 15.6 Å². The predicted octanol–water partition coefficient (Wildman–Crippen LogP) is 3.48. The van der Waals surface area contributed by atoms with Crippen LogP contribution in [-0.4, -0.2) is 44.8 Å². The number of hydrogen-bond acceptors (Lipinski definition) is 3. The van der Waals surface area contributed by atoms with E-state index in [4.69, 9.17) is 5.11 Å². The number of rotatable bonds is 5. The maximum atomic E-state index is 12.9. The number of hydrogen-bond donors (Lipinski definition) is 1. The molecule has 25 heavy (non-hydrogen) atoms. The fraction of sp³-hybridized carbons (Fsp3) is 0.737. The number of carbonyl (C=O) groups is 2. The van der Waals surface area contributed by atoms with Crippen molar-refractivity contribution in [1.82, 2.24) is 14.7 Å². The van der Waals surface area contributed by atoms with Crippen LogP contribution in [0.4, 0.5) is 0 Å². The van der Waals surface area contributed by atoms with E-state index in [1.54, 1.807) is 0 Å². The average Bonchev–Trinajstić information content (AvgIpc) is 2.98. The van der Waals surface area contributed by atoms with Gasteiger partial charge in [0, 0.05) is 25.2 Å². The molecule has 1 aliphatic rings. The Morgan fingerprint density at radius 3 is 2.56 bits per heavy atom. The molecule has 0 unspecified atom stereocenters. The molecule has 6 heteroatoms. The van der Waals surface area contributed by atoms with Crippen LogP contribution >= 0.6 is 0 Å². The van der Waals surface area contributed by atoms with Crippen molar-refractivity contribution in [3.63, 3.8) is 0 Å². The lowest BCUT2D eigenvalue weighted by Crippen LogP contribution is -2.40. The van der Waals surface area contributed by atoms with E-state index in [0.29, 0.717) is 18.7 Å². The maximum absolute atomic E-state index is 12.9. The first-order valence-electron chi connectivity index (χ1n) is 9.21. The molecule has 2 heterocycles. The number of carboxylic acid groups (broad SMARTS) is 1. The Labute approximate surface area is 150 Å². The highest BCUT2D eigenvalue weighted by Crippen LogP contribution is 2.26. The molecule has 0 spiro atoms. The molecule has 1 atom stereocenters. The van der Waals surface area contributed by atoms with Crippen molar-refractivity contribution in [2.75, 3.05) is 13.1 Å². The second kappa shape index (κ2) is 7.58. The zero-order valence-corrected chi connectivity index (χ0v) is 16.1. The van der Waals surface area contributed by atoms with Gasteiger partial charge in [-0.3, -0.25) is 14.3 Å². The van der Waals surface area contributed by atoms with Crippen LogP contribution in [0.5, 0.6) is 0 Å². The molecule has 6 nitrogen and oxygen atoms in total. The molecule has 1 N–H and O–H groups in total. The molecular weight excluding hydrogens is 318 g/mol. The van der Waals surface area contributed by atoms with Gasteiger partial charge in [-0.1, -0.05) is 13.8 Å². The van der Waals surface area contributed by atoms with Crippen molar-refractivity contribution in [2.45, 2.75) is 71.8 Å². The molecule has 0 saturated carbocycles. The smallest absolute Gasteiger partial charge is 0.303 e. The number of piperidine rings is 1. The van der Waals surface area contributed by atoms with Gasteiger partial charge in [-0.15, -0.1) is 0 Å². The monoisotopic (exact) mass is 349 g/mol. The third kappa shape index (κ3) is 4.83. The van der Waals surface area contributed by atoms with Crippen LogP contribution in [0.3, 0.4) is 0 Å². The molecule has 1 saturated heterocycles. The van der Waals surface area contributed by atoms with Crippen molar-refractivity contribution in [2.24, 2.45) is 5.92 Å². The lowest BCUT2D eigenvalue weighted by molar-refractivity contribution is -0.137. The van der Waals surface area contributed by atoms with Crippen LogP contribution in [0.1, 0.15) is 82.4 Å². The highest BCUT2D eigenvalue weighted by Gasteiger charge is 2.29. The molecule has 2 rings (SSSR count). The van der Waals surface area contributed by atoms with Gasteiger partial charge in [-0.25, -0.2) is 0 Å². The first-order chi connectivity index (χ1) is 11.6. The van der Waals surface area contributed by atoms with Gasteiger partial charge >= 0.3 is 5.97 Å². The fourth-order valence-corrected chi connectivity index (χ4v) is 3.42. The fourth-order valence-electron chi connectivity index (χ4n) is 3.42. The number of carboxylic acids is 1. The van der Waals surface area contributed by atoms with Gasteiger partial charge in [0.05, 0.1) is 5.54 Å². The van der Waals surface area contributed by atoms with Crippen molar-refractivity contribution in [3.05, 3.63) is 17.5 Å². The van der Waals surface area contributed by atoms with Crippen LogP contribution in [0.15, 0.2) is 6.07 Å². The summed E-state index contributed by atoms with van der Waals surface area (Å²) in [4.78, 5) is 25.6. The summed E-state index contributed by atoms with van der Waals surface area (Å²) in [6, 6.07) is 1.92. The number of aromatic nitrogens is 2. The van der Waals surface area contributed by atoms with Crippen molar-refractivity contribution < 1.29 is 14.7 Å². The van der Waals surface area contributed by atoms with Gasteiger partial charge in [0.25, 0.3) is 5.91 Å². The van der Waals surface area contributed by atoms with E-state index in [9.17, 15) is 9.59 Å². The normalized spacial score (nSPS) is 18.6. The average molecular weight is 349 g/mol. The van der Waals surface area contributed by atoms with E-state index in [-0.39, 0.29) is 29.7 Å². The number of nitrogens with zero attached hydrogens (tertiary/aromatic N) is 3.